The van der Waals surface area contributed by atoms with Crippen LogP contribution in [-0.4, -0.2) is 43.3 Å². The number of ether oxygens (including phenoxy) is 1. The first-order chi connectivity index (χ1) is 8.63. The molecule has 0 radical (unpaired) electrons. The van der Waals surface area contributed by atoms with E-state index in [1.165, 1.54) is 7.11 Å². The fraction of sp³-hybridized carbons (Fsp3) is 0.538. The van der Waals surface area contributed by atoms with Gasteiger partial charge in [-0.15, -0.1) is 0 Å². The van der Waals surface area contributed by atoms with Crippen LogP contribution in [0.2, 0.25) is 5.02 Å². The number of methoxy groups -OCH3 is 1. The van der Waals surface area contributed by atoms with Crippen LogP contribution in [0.5, 0.6) is 11.5 Å². The van der Waals surface area contributed by atoms with Crippen molar-refractivity contribution in [3.05, 3.63) is 22.2 Å². The van der Waals surface area contributed by atoms with Crippen LogP contribution in [0.4, 0.5) is 0 Å². The minimum Gasteiger partial charge on any atom is -0.504 e. The average molecular weight is 271 g/mol. The highest BCUT2D eigenvalue weighted by atomic mass is 35.5. The van der Waals surface area contributed by atoms with Crippen LogP contribution in [0.1, 0.15) is 11.1 Å². The minimum absolute atomic E-state index is 0.168. The molecule has 0 atom stereocenters. The maximum Gasteiger partial charge on any atom is 0.179 e. The molecule has 1 aromatic carbocycles. The molecule has 100 valence electrons. The van der Waals surface area contributed by atoms with Crippen molar-refractivity contribution < 1.29 is 9.84 Å². The van der Waals surface area contributed by atoms with Crippen molar-refractivity contribution in [2.45, 2.75) is 13.5 Å². The number of halogens is 1. The highest BCUT2D eigenvalue weighted by molar-refractivity contribution is 6.32. The Balaban J connectivity index is 2.26. The number of hydrogen-bond acceptors (Lipinski definition) is 4. The lowest BCUT2D eigenvalue weighted by molar-refractivity contribution is 0.229. The molecule has 1 fully saturated rings. The summed E-state index contributed by atoms with van der Waals surface area (Å²) in [6.45, 7) is 6.65. The SMILES string of the molecule is COc1c(Cl)cc(C)c(CN2CCNCC2)c1O. The number of aryl methyl sites for hydroxylation is 1. The van der Waals surface area contributed by atoms with Crippen LogP contribution in [-0.2, 0) is 6.54 Å². The molecule has 1 heterocycles. The number of phenolic OH excluding ortho intramolecular Hbond substituents is 1. The maximum atomic E-state index is 10.2. The summed E-state index contributed by atoms with van der Waals surface area (Å²) >= 11 is 6.04. The fourth-order valence-electron chi connectivity index (χ4n) is 2.27. The zero-order valence-corrected chi connectivity index (χ0v) is 11.5. The number of nitrogens with zero attached hydrogens (tertiary/aromatic N) is 1. The molecule has 1 aliphatic heterocycles. The first-order valence-electron chi connectivity index (χ1n) is 6.11. The van der Waals surface area contributed by atoms with Crippen molar-refractivity contribution >= 4 is 11.6 Å². The molecule has 0 amide bonds. The van der Waals surface area contributed by atoms with E-state index in [9.17, 15) is 5.11 Å². The number of aromatic hydroxyl groups is 1. The minimum atomic E-state index is 0.168. The van der Waals surface area contributed by atoms with E-state index >= 15 is 0 Å². The van der Waals surface area contributed by atoms with Crippen LogP contribution in [0.25, 0.3) is 0 Å². The van der Waals surface area contributed by atoms with E-state index in [1.54, 1.807) is 0 Å². The van der Waals surface area contributed by atoms with Gasteiger partial charge in [-0.05, 0) is 18.6 Å². The van der Waals surface area contributed by atoms with Gasteiger partial charge in [-0.3, -0.25) is 4.90 Å². The molecule has 0 unspecified atom stereocenters. The topological polar surface area (TPSA) is 44.7 Å². The van der Waals surface area contributed by atoms with Gasteiger partial charge in [0.05, 0.1) is 12.1 Å². The average Bonchev–Trinajstić information content (AvgIpc) is 2.36. The Morgan fingerprint density at radius 1 is 1.44 bits per heavy atom. The molecule has 4 nitrogen and oxygen atoms in total. The predicted molar refractivity (Wildman–Crippen MR) is 72.6 cm³/mol. The van der Waals surface area contributed by atoms with Gasteiger partial charge in [0.2, 0.25) is 0 Å². The largest absolute Gasteiger partial charge is 0.504 e. The second kappa shape index (κ2) is 5.78. The van der Waals surface area contributed by atoms with Gasteiger partial charge in [0.1, 0.15) is 0 Å². The van der Waals surface area contributed by atoms with Crippen molar-refractivity contribution in [1.29, 1.82) is 0 Å². The summed E-state index contributed by atoms with van der Waals surface area (Å²) in [5, 5.41) is 14.0. The molecule has 1 aromatic rings. The van der Waals surface area contributed by atoms with Gasteiger partial charge in [-0.2, -0.15) is 0 Å². The van der Waals surface area contributed by atoms with Crippen LogP contribution in [0.3, 0.4) is 0 Å². The molecule has 1 saturated heterocycles. The summed E-state index contributed by atoms with van der Waals surface area (Å²) in [5.74, 6) is 0.536. The molecule has 1 aliphatic rings. The maximum absolute atomic E-state index is 10.2. The van der Waals surface area contributed by atoms with Crippen molar-refractivity contribution in [3.8, 4) is 11.5 Å². The van der Waals surface area contributed by atoms with Crippen LogP contribution in [0, 0.1) is 6.92 Å². The van der Waals surface area contributed by atoms with Gasteiger partial charge in [-0.1, -0.05) is 11.6 Å². The first kappa shape index (κ1) is 13.5. The second-order valence-corrected chi connectivity index (χ2v) is 4.97. The lowest BCUT2D eigenvalue weighted by atomic mass is 10.1. The number of rotatable bonds is 3. The van der Waals surface area contributed by atoms with Crippen LogP contribution >= 0.6 is 11.6 Å². The smallest absolute Gasteiger partial charge is 0.179 e. The molecule has 2 rings (SSSR count). The van der Waals surface area contributed by atoms with Gasteiger partial charge >= 0.3 is 0 Å². The molecule has 0 aliphatic carbocycles. The normalized spacial score (nSPS) is 16.8. The summed E-state index contributed by atoms with van der Waals surface area (Å²) in [6.07, 6.45) is 0. The summed E-state index contributed by atoms with van der Waals surface area (Å²) in [6, 6.07) is 1.84. The van der Waals surface area contributed by atoms with Gasteiger partial charge in [-0.25, -0.2) is 0 Å². The monoisotopic (exact) mass is 270 g/mol. The third kappa shape index (κ3) is 2.71. The number of piperazine rings is 1. The van der Waals surface area contributed by atoms with Gasteiger partial charge < -0.3 is 15.2 Å². The van der Waals surface area contributed by atoms with Crippen molar-refractivity contribution in [1.82, 2.24) is 10.2 Å². The van der Waals surface area contributed by atoms with Gasteiger partial charge in [0, 0.05) is 38.3 Å². The van der Waals surface area contributed by atoms with E-state index in [4.69, 9.17) is 16.3 Å². The van der Waals surface area contributed by atoms with Crippen molar-refractivity contribution in [2.24, 2.45) is 0 Å². The van der Waals surface area contributed by atoms with E-state index in [2.05, 4.69) is 10.2 Å². The number of benzene rings is 1. The predicted octanol–water partition coefficient (Wildman–Crippen LogP) is 1.77. The van der Waals surface area contributed by atoms with Gasteiger partial charge in [0.25, 0.3) is 0 Å². The Kier molecular flexibility index (Phi) is 4.32. The summed E-state index contributed by atoms with van der Waals surface area (Å²) in [5.41, 5.74) is 1.90. The summed E-state index contributed by atoms with van der Waals surface area (Å²) < 4.78 is 5.15. The quantitative estimate of drug-likeness (QED) is 0.879. The van der Waals surface area contributed by atoms with E-state index < -0.39 is 0 Å². The molecule has 0 aromatic heterocycles. The lowest BCUT2D eigenvalue weighted by Crippen LogP contribution is -2.43. The second-order valence-electron chi connectivity index (χ2n) is 4.56. The van der Waals surface area contributed by atoms with E-state index in [0.717, 1.165) is 43.9 Å². The van der Waals surface area contributed by atoms with Crippen molar-refractivity contribution in [3.63, 3.8) is 0 Å². The van der Waals surface area contributed by atoms with E-state index in [-0.39, 0.29) is 5.75 Å². The number of nitrogens with one attached hydrogen (secondary N) is 1. The molecule has 18 heavy (non-hydrogen) atoms. The highest BCUT2D eigenvalue weighted by Crippen LogP contribution is 2.39. The zero-order valence-electron chi connectivity index (χ0n) is 10.8. The third-order valence-electron chi connectivity index (χ3n) is 3.33. The third-order valence-corrected chi connectivity index (χ3v) is 3.61. The van der Waals surface area contributed by atoms with Gasteiger partial charge in [0.15, 0.2) is 11.5 Å². The Bertz CT molecular complexity index is 431. The first-order valence-corrected chi connectivity index (χ1v) is 6.49. The fourth-order valence-corrected chi connectivity index (χ4v) is 2.60. The van der Waals surface area contributed by atoms with Crippen LogP contribution in [0.15, 0.2) is 6.07 Å². The molecular weight excluding hydrogens is 252 g/mol. The highest BCUT2D eigenvalue weighted by Gasteiger charge is 2.18. The zero-order chi connectivity index (χ0) is 13.1. The Morgan fingerprint density at radius 2 is 2.11 bits per heavy atom. The number of phenols is 1. The molecule has 0 spiro atoms. The van der Waals surface area contributed by atoms with E-state index in [0.29, 0.717) is 10.8 Å². The van der Waals surface area contributed by atoms with Crippen molar-refractivity contribution in [2.75, 3.05) is 33.3 Å². The van der Waals surface area contributed by atoms with Crippen LogP contribution < -0.4 is 10.1 Å². The number of hydrogen-bond donors (Lipinski definition) is 2. The molecule has 5 heteroatoms. The Labute approximate surface area is 113 Å². The standard InChI is InChI=1S/C13H19ClN2O2/c1-9-7-11(14)13(18-2)12(17)10(9)8-16-5-3-15-4-6-16/h7,15,17H,3-6,8H2,1-2H3. The molecular formula is C13H19ClN2O2. The Hall–Kier alpha value is -0.970. The summed E-state index contributed by atoms with van der Waals surface area (Å²) in [7, 11) is 1.52. The molecule has 0 bridgehead atoms. The summed E-state index contributed by atoms with van der Waals surface area (Å²) in [4.78, 5) is 2.31. The Morgan fingerprint density at radius 3 is 2.72 bits per heavy atom. The van der Waals surface area contributed by atoms with E-state index in [1.807, 2.05) is 13.0 Å². The lowest BCUT2D eigenvalue weighted by Gasteiger charge is -2.28. The molecule has 2 N–H and O–H groups in total. The molecule has 0 saturated carbocycles.